The lowest BCUT2D eigenvalue weighted by Gasteiger charge is -2.10. The third-order valence-corrected chi connectivity index (χ3v) is 5.86. The second-order valence-electron chi connectivity index (χ2n) is 3.40. The van der Waals surface area contributed by atoms with E-state index in [0.29, 0.717) is 12.1 Å². The number of hydrogen-bond acceptors (Lipinski definition) is 0. The van der Waals surface area contributed by atoms with Gasteiger partial charge in [-0.2, -0.15) is 0 Å². The molecule has 1 aromatic carbocycles. The lowest BCUT2D eigenvalue weighted by molar-refractivity contribution is 1.32. The molecule has 0 aliphatic heterocycles. The summed E-state index contributed by atoms with van der Waals surface area (Å²) in [5, 5.41) is 0. The van der Waals surface area contributed by atoms with E-state index >= 15 is 0 Å². The van der Waals surface area contributed by atoms with Crippen molar-refractivity contribution in [3.8, 4) is 0 Å². The van der Waals surface area contributed by atoms with Crippen LogP contribution in [0.3, 0.4) is 0 Å². The molecule has 0 nitrogen and oxygen atoms in total. The second kappa shape index (κ2) is 6.02. The Bertz CT molecular complexity index is 304. The van der Waals surface area contributed by atoms with Crippen molar-refractivity contribution in [3.63, 3.8) is 0 Å². The molecule has 0 spiro atoms. The molecule has 0 radical (unpaired) electrons. The van der Waals surface area contributed by atoms with Crippen LogP contribution in [0.1, 0.15) is 11.1 Å². The zero-order valence-electron chi connectivity index (χ0n) is 7.99. The van der Waals surface area contributed by atoms with Gasteiger partial charge in [-0.05, 0) is 11.1 Å². The molecule has 90 valence electrons. The highest BCUT2D eigenvalue weighted by Crippen LogP contribution is 2.27. The summed E-state index contributed by atoms with van der Waals surface area (Å²) in [6, 6.07) is 3.42. The fraction of sp³-hybridized carbons (Fsp3) is 0.250. The predicted octanol–water partition coefficient (Wildman–Crippen LogP) is 5.16. The van der Waals surface area contributed by atoms with E-state index in [2.05, 4.69) is 0 Å². The van der Waals surface area contributed by atoms with E-state index < -0.39 is 12.0 Å². The van der Waals surface area contributed by atoms with Crippen LogP contribution in [-0.2, 0) is 12.1 Å². The first-order valence-electron chi connectivity index (χ1n) is 4.37. The van der Waals surface area contributed by atoms with E-state index in [-0.39, 0.29) is 0 Å². The molecule has 0 atom stereocenters. The van der Waals surface area contributed by atoms with Crippen molar-refractivity contribution in [2.75, 3.05) is 0 Å². The highest BCUT2D eigenvalue weighted by molar-refractivity contribution is 7.64. The molecule has 0 aromatic heterocycles. The van der Waals surface area contributed by atoms with Gasteiger partial charge >= 0.3 is 12.0 Å². The fourth-order valence-electron chi connectivity index (χ4n) is 1.24. The van der Waals surface area contributed by atoms with Gasteiger partial charge in [0.25, 0.3) is 0 Å². The Morgan fingerprint density at radius 3 is 1.06 bits per heavy atom. The van der Waals surface area contributed by atoms with E-state index in [1.54, 1.807) is 0 Å². The van der Waals surface area contributed by atoms with E-state index in [1.807, 2.05) is 24.3 Å². The second-order valence-corrected chi connectivity index (χ2v) is 21.7. The van der Waals surface area contributed by atoms with Gasteiger partial charge in [-0.15, -0.1) is 66.5 Å². The van der Waals surface area contributed by atoms with Crippen molar-refractivity contribution in [2.24, 2.45) is 0 Å². The van der Waals surface area contributed by atoms with Crippen molar-refractivity contribution in [1.82, 2.24) is 0 Å². The number of hydrogen-bond donors (Lipinski definition) is 0. The fourth-order valence-corrected chi connectivity index (χ4v) is 5.41. The standard InChI is InChI=1S/C8H8Cl6Si2/c9-15(10,11)5-7-1-2-8(4-3-7)6-16(12,13)14/h1-4H,5-6H2. The van der Waals surface area contributed by atoms with Crippen LogP contribution >= 0.6 is 66.5 Å². The van der Waals surface area contributed by atoms with Gasteiger partial charge in [0.15, 0.2) is 0 Å². The average Bonchev–Trinajstić information content (AvgIpc) is 2.03. The quantitative estimate of drug-likeness (QED) is 0.505. The maximum atomic E-state index is 5.83. The minimum atomic E-state index is -2.62. The highest BCUT2D eigenvalue weighted by atomic mass is 35.8. The van der Waals surface area contributed by atoms with Crippen LogP contribution < -0.4 is 0 Å². The molecule has 0 fully saturated rings. The summed E-state index contributed by atoms with van der Waals surface area (Å²) >= 11 is 35.0. The van der Waals surface area contributed by atoms with Crippen LogP contribution in [0.25, 0.3) is 0 Å². The molecule has 1 rings (SSSR count). The first kappa shape index (κ1) is 15.5. The van der Waals surface area contributed by atoms with E-state index in [4.69, 9.17) is 66.5 Å². The van der Waals surface area contributed by atoms with Crippen LogP contribution in [0.2, 0.25) is 0 Å². The molecule has 0 saturated heterocycles. The molecule has 0 amide bonds. The van der Waals surface area contributed by atoms with Crippen molar-refractivity contribution in [2.45, 2.75) is 12.1 Å². The van der Waals surface area contributed by atoms with Gasteiger partial charge in [0, 0.05) is 12.1 Å². The number of benzene rings is 1. The highest BCUT2D eigenvalue weighted by Gasteiger charge is 2.26. The van der Waals surface area contributed by atoms with Gasteiger partial charge in [-0.1, -0.05) is 24.3 Å². The van der Waals surface area contributed by atoms with E-state index in [9.17, 15) is 0 Å². The first-order chi connectivity index (χ1) is 7.16. The van der Waals surface area contributed by atoms with Gasteiger partial charge in [0.2, 0.25) is 0 Å². The monoisotopic (exact) mass is 370 g/mol. The molecule has 0 saturated carbocycles. The Balaban J connectivity index is 2.69. The number of rotatable bonds is 4. The summed E-state index contributed by atoms with van der Waals surface area (Å²) in [7, 11) is 0. The first-order valence-corrected chi connectivity index (χ1v) is 14.9. The van der Waals surface area contributed by atoms with E-state index in [0.717, 1.165) is 11.1 Å². The molecule has 0 bridgehead atoms. The summed E-state index contributed by atoms with van der Waals surface area (Å²) in [4.78, 5) is 0. The van der Waals surface area contributed by atoms with Crippen LogP contribution in [0, 0.1) is 0 Å². The maximum Gasteiger partial charge on any atom is 0.345 e. The summed E-state index contributed by atoms with van der Waals surface area (Å²) in [6.45, 7) is 0. The molecule has 16 heavy (non-hydrogen) atoms. The zero-order chi connectivity index (χ0) is 12.4. The van der Waals surface area contributed by atoms with Gasteiger partial charge in [-0.25, -0.2) is 0 Å². The third-order valence-electron chi connectivity index (χ3n) is 1.83. The van der Waals surface area contributed by atoms with Gasteiger partial charge in [-0.3, -0.25) is 0 Å². The normalized spacial score (nSPS) is 12.9. The lowest BCUT2D eigenvalue weighted by atomic mass is 10.2. The molecule has 0 aliphatic carbocycles. The van der Waals surface area contributed by atoms with Crippen molar-refractivity contribution < 1.29 is 0 Å². The van der Waals surface area contributed by atoms with Gasteiger partial charge < -0.3 is 0 Å². The largest absolute Gasteiger partial charge is 0.345 e. The Morgan fingerprint density at radius 1 is 0.625 bits per heavy atom. The van der Waals surface area contributed by atoms with Crippen LogP contribution in [-0.4, -0.2) is 12.0 Å². The predicted molar refractivity (Wildman–Crippen MR) is 80.5 cm³/mol. The summed E-state index contributed by atoms with van der Waals surface area (Å²) in [5.41, 5.74) is 2.00. The molecule has 1 aromatic rings. The molecule has 0 aliphatic rings. The Morgan fingerprint density at radius 2 is 0.875 bits per heavy atom. The maximum absolute atomic E-state index is 5.83. The van der Waals surface area contributed by atoms with Gasteiger partial charge in [0.1, 0.15) is 0 Å². The SMILES string of the molecule is Cl[Si](Cl)(Cl)Cc1ccc(C[Si](Cl)(Cl)Cl)cc1. The molecule has 0 N–H and O–H groups in total. The molecule has 0 heterocycles. The minimum Gasteiger partial charge on any atom is -0.126 e. The minimum absolute atomic E-state index is 0.503. The number of halogens is 6. The van der Waals surface area contributed by atoms with Crippen molar-refractivity contribution in [3.05, 3.63) is 35.4 Å². The van der Waals surface area contributed by atoms with Crippen LogP contribution in [0.5, 0.6) is 0 Å². The lowest BCUT2D eigenvalue weighted by Crippen LogP contribution is -2.15. The molecular weight excluding hydrogens is 365 g/mol. The van der Waals surface area contributed by atoms with Gasteiger partial charge in [0.05, 0.1) is 0 Å². The zero-order valence-corrected chi connectivity index (χ0v) is 14.5. The van der Waals surface area contributed by atoms with E-state index in [1.165, 1.54) is 0 Å². The van der Waals surface area contributed by atoms with Crippen molar-refractivity contribution >= 4 is 78.5 Å². The summed E-state index contributed by atoms with van der Waals surface area (Å²) in [6.07, 6.45) is 0. The Kier molecular flexibility index (Phi) is 5.82. The summed E-state index contributed by atoms with van der Waals surface area (Å²) in [5.74, 6) is 0. The molecule has 8 heteroatoms. The smallest absolute Gasteiger partial charge is 0.126 e. The average molecular weight is 373 g/mol. The van der Waals surface area contributed by atoms with Crippen molar-refractivity contribution in [1.29, 1.82) is 0 Å². The topological polar surface area (TPSA) is 0 Å². The Labute approximate surface area is 125 Å². The van der Waals surface area contributed by atoms with Crippen LogP contribution in [0.15, 0.2) is 24.3 Å². The summed E-state index contributed by atoms with van der Waals surface area (Å²) < 4.78 is 0. The van der Waals surface area contributed by atoms with Crippen LogP contribution in [0.4, 0.5) is 0 Å². The molecule has 0 unspecified atom stereocenters. The third kappa shape index (κ3) is 6.97. The Hall–Kier alpha value is 1.39. The molecular formula is C8H8Cl6Si2.